The quantitative estimate of drug-likeness (QED) is 0.788. The Labute approximate surface area is 119 Å². The van der Waals surface area contributed by atoms with Crippen molar-refractivity contribution in [2.75, 3.05) is 0 Å². The average Bonchev–Trinajstić information content (AvgIpc) is 3.12. The number of carboxylic acid groups (broad SMARTS) is 1. The fraction of sp³-hybridized carbons (Fsp3) is 0.286. The minimum atomic E-state index is -1.04. The van der Waals surface area contributed by atoms with Crippen LogP contribution in [-0.2, 0) is 6.54 Å². The van der Waals surface area contributed by atoms with Gasteiger partial charge in [0.2, 0.25) is 5.89 Å². The van der Waals surface area contributed by atoms with Crippen LogP contribution in [0.15, 0.2) is 28.8 Å². The Hall–Kier alpha value is -2.70. The molecule has 0 saturated heterocycles. The maximum absolute atomic E-state index is 11.3. The van der Waals surface area contributed by atoms with Gasteiger partial charge in [-0.15, -0.1) is 0 Å². The van der Waals surface area contributed by atoms with Gasteiger partial charge in [0, 0.05) is 11.3 Å². The first-order valence-electron chi connectivity index (χ1n) is 6.73. The summed E-state index contributed by atoms with van der Waals surface area (Å²) in [6.07, 6.45) is 2.19. The average molecular weight is 284 g/mol. The van der Waals surface area contributed by atoms with Crippen LogP contribution in [0.5, 0.6) is 0 Å². The zero-order chi connectivity index (χ0) is 14.4. The molecule has 0 amide bonds. The second kappa shape index (κ2) is 4.41. The highest BCUT2D eigenvalue weighted by Crippen LogP contribution is 2.38. The zero-order valence-corrected chi connectivity index (χ0v) is 11.1. The lowest BCUT2D eigenvalue weighted by atomic mass is 10.2. The van der Waals surface area contributed by atoms with Crippen LogP contribution >= 0.6 is 0 Å². The number of fused-ring (bicyclic) bond motifs is 1. The number of carboxylic acids is 1. The highest BCUT2D eigenvalue weighted by molar-refractivity contribution is 6.01. The van der Waals surface area contributed by atoms with Crippen molar-refractivity contribution >= 4 is 16.9 Å². The number of aromatic carboxylic acids is 1. The second-order valence-electron chi connectivity index (χ2n) is 5.15. The van der Waals surface area contributed by atoms with Crippen molar-refractivity contribution in [3.05, 3.63) is 41.7 Å². The van der Waals surface area contributed by atoms with Crippen LogP contribution in [0.1, 0.15) is 41.0 Å². The Morgan fingerprint density at radius 2 is 2.19 bits per heavy atom. The molecule has 0 aliphatic heterocycles. The van der Waals surface area contributed by atoms with E-state index in [0.717, 1.165) is 18.4 Å². The molecule has 0 atom stereocenters. The summed E-state index contributed by atoms with van der Waals surface area (Å²) in [7, 11) is 0. The summed E-state index contributed by atoms with van der Waals surface area (Å²) in [6.45, 7) is 0.296. The highest BCUT2D eigenvalue weighted by atomic mass is 16.5. The standard InChI is InChI=1S/C14H12N4O3/c19-14(20)12-9-3-1-2-4-10(9)18(16-12)7-11-15-13(21-17-11)8-5-6-8/h1-4,8H,5-7H2,(H,19,20). The molecule has 4 rings (SSSR count). The summed E-state index contributed by atoms with van der Waals surface area (Å²) < 4.78 is 6.81. The summed E-state index contributed by atoms with van der Waals surface area (Å²) in [5.74, 6) is 0.536. The van der Waals surface area contributed by atoms with Crippen molar-refractivity contribution in [2.24, 2.45) is 0 Å². The van der Waals surface area contributed by atoms with E-state index in [0.29, 0.717) is 29.6 Å². The number of para-hydroxylation sites is 1. The number of hydrogen-bond donors (Lipinski definition) is 1. The van der Waals surface area contributed by atoms with Crippen LogP contribution < -0.4 is 0 Å². The van der Waals surface area contributed by atoms with Crippen LogP contribution in [0.3, 0.4) is 0 Å². The van der Waals surface area contributed by atoms with E-state index in [4.69, 9.17) is 4.52 Å². The minimum absolute atomic E-state index is 0.0384. The number of rotatable bonds is 4. The normalized spacial score (nSPS) is 14.7. The van der Waals surface area contributed by atoms with E-state index in [-0.39, 0.29) is 5.69 Å². The van der Waals surface area contributed by atoms with E-state index in [1.807, 2.05) is 12.1 Å². The molecule has 7 heteroatoms. The molecule has 3 aromatic rings. The third kappa shape index (κ3) is 2.06. The lowest BCUT2D eigenvalue weighted by Gasteiger charge is -1.98. The van der Waals surface area contributed by atoms with Gasteiger partial charge in [-0.05, 0) is 18.9 Å². The molecule has 21 heavy (non-hydrogen) atoms. The molecule has 0 spiro atoms. The van der Waals surface area contributed by atoms with Crippen LogP contribution in [0.25, 0.3) is 10.9 Å². The van der Waals surface area contributed by atoms with Gasteiger partial charge in [0.05, 0.1) is 5.52 Å². The van der Waals surface area contributed by atoms with Crippen molar-refractivity contribution < 1.29 is 14.4 Å². The van der Waals surface area contributed by atoms with E-state index >= 15 is 0 Å². The molecule has 1 saturated carbocycles. The topological polar surface area (TPSA) is 94.0 Å². The number of aromatic nitrogens is 4. The molecule has 1 aliphatic carbocycles. The van der Waals surface area contributed by atoms with Crippen LogP contribution in [-0.4, -0.2) is 31.0 Å². The molecule has 1 aromatic carbocycles. The molecule has 0 bridgehead atoms. The SMILES string of the molecule is O=C(O)c1nn(Cc2noc(C3CC3)n2)c2ccccc12. The van der Waals surface area contributed by atoms with Crippen molar-refractivity contribution in [2.45, 2.75) is 25.3 Å². The maximum Gasteiger partial charge on any atom is 0.357 e. The summed E-state index contributed by atoms with van der Waals surface area (Å²) >= 11 is 0. The van der Waals surface area contributed by atoms with Gasteiger partial charge in [-0.1, -0.05) is 23.4 Å². The van der Waals surface area contributed by atoms with Gasteiger partial charge in [-0.3, -0.25) is 4.68 Å². The first-order valence-corrected chi connectivity index (χ1v) is 6.73. The Morgan fingerprint density at radius 1 is 1.38 bits per heavy atom. The van der Waals surface area contributed by atoms with E-state index in [2.05, 4.69) is 15.2 Å². The van der Waals surface area contributed by atoms with Gasteiger partial charge in [-0.2, -0.15) is 10.1 Å². The Bertz CT molecular complexity index is 832. The molecule has 1 fully saturated rings. The molecular formula is C14H12N4O3. The Balaban J connectivity index is 1.73. The zero-order valence-electron chi connectivity index (χ0n) is 11.1. The van der Waals surface area contributed by atoms with Gasteiger partial charge in [-0.25, -0.2) is 4.79 Å². The Morgan fingerprint density at radius 3 is 2.95 bits per heavy atom. The summed E-state index contributed by atoms with van der Waals surface area (Å²) in [5, 5.41) is 17.9. The summed E-state index contributed by atoms with van der Waals surface area (Å²) in [6, 6.07) is 7.21. The predicted octanol–water partition coefficient (Wildman–Crippen LogP) is 2.04. The van der Waals surface area contributed by atoms with E-state index in [1.165, 1.54) is 0 Å². The van der Waals surface area contributed by atoms with Gasteiger partial charge in [0.25, 0.3) is 0 Å². The highest BCUT2D eigenvalue weighted by Gasteiger charge is 2.29. The third-order valence-corrected chi connectivity index (χ3v) is 3.56. The fourth-order valence-electron chi connectivity index (χ4n) is 2.37. The number of hydrogen-bond acceptors (Lipinski definition) is 5. The molecule has 106 valence electrons. The van der Waals surface area contributed by atoms with Crippen molar-refractivity contribution in [1.82, 2.24) is 19.9 Å². The number of carbonyl (C=O) groups is 1. The lowest BCUT2D eigenvalue weighted by Crippen LogP contribution is -2.05. The van der Waals surface area contributed by atoms with E-state index in [9.17, 15) is 9.90 Å². The first-order chi connectivity index (χ1) is 10.2. The number of nitrogens with zero attached hydrogens (tertiary/aromatic N) is 4. The summed E-state index contributed by atoms with van der Waals surface area (Å²) in [5.41, 5.74) is 0.782. The van der Waals surface area contributed by atoms with Gasteiger partial charge in [0.15, 0.2) is 11.5 Å². The van der Waals surface area contributed by atoms with Crippen molar-refractivity contribution in [3.8, 4) is 0 Å². The molecule has 2 aromatic heterocycles. The fourth-order valence-corrected chi connectivity index (χ4v) is 2.37. The second-order valence-corrected chi connectivity index (χ2v) is 5.15. The molecule has 2 heterocycles. The largest absolute Gasteiger partial charge is 0.476 e. The minimum Gasteiger partial charge on any atom is -0.476 e. The molecule has 0 radical (unpaired) electrons. The van der Waals surface area contributed by atoms with E-state index in [1.54, 1.807) is 16.8 Å². The molecule has 1 N–H and O–H groups in total. The molecule has 1 aliphatic rings. The first kappa shape index (κ1) is 12.1. The third-order valence-electron chi connectivity index (χ3n) is 3.56. The maximum atomic E-state index is 11.3. The van der Waals surface area contributed by atoms with Crippen LogP contribution in [0, 0.1) is 0 Å². The van der Waals surface area contributed by atoms with Gasteiger partial charge in [0.1, 0.15) is 6.54 Å². The summed E-state index contributed by atoms with van der Waals surface area (Å²) in [4.78, 5) is 15.6. The van der Waals surface area contributed by atoms with Crippen LogP contribution in [0.4, 0.5) is 0 Å². The van der Waals surface area contributed by atoms with Gasteiger partial charge < -0.3 is 9.63 Å². The van der Waals surface area contributed by atoms with Gasteiger partial charge >= 0.3 is 5.97 Å². The molecule has 0 unspecified atom stereocenters. The van der Waals surface area contributed by atoms with E-state index < -0.39 is 5.97 Å². The molecule has 7 nitrogen and oxygen atoms in total. The van der Waals surface area contributed by atoms with Crippen molar-refractivity contribution in [1.29, 1.82) is 0 Å². The lowest BCUT2D eigenvalue weighted by molar-refractivity contribution is 0.0691. The van der Waals surface area contributed by atoms with Crippen molar-refractivity contribution in [3.63, 3.8) is 0 Å². The molecular weight excluding hydrogens is 272 g/mol. The number of benzene rings is 1. The predicted molar refractivity (Wildman–Crippen MR) is 72.1 cm³/mol. The monoisotopic (exact) mass is 284 g/mol. The van der Waals surface area contributed by atoms with Crippen LogP contribution in [0.2, 0.25) is 0 Å². The smallest absolute Gasteiger partial charge is 0.357 e. The Kier molecular flexibility index (Phi) is 2.53.